The van der Waals surface area contributed by atoms with Gasteiger partial charge in [0.1, 0.15) is 18.7 Å². The van der Waals surface area contributed by atoms with Gasteiger partial charge in [0, 0.05) is 39.3 Å². The molecule has 2 aromatic rings. The lowest BCUT2D eigenvalue weighted by atomic mass is 10.3. The summed E-state index contributed by atoms with van der Waals surface area (Å²) in [4.78, 5) is 16.7. The van der Waals surface area contributed by atoms with Gasteiger partial charge in [0.2, 0.25) is 0 Å². The largest absolute Gasteiger partial charge is 0.492 e. The lowest BCUT2D eigenvalue weighted by Gasteiger charge is -2.35. The summed E-state index contributed by atoms with van der Waals surface area (Å²) in [5.41, 5.74) is 0. The number of hydrogen-bond acceptors (Lipinski definition) is 5. The second-order valence-electron chi connectivity index (χ2n) is 6.64. The van der Waals surface area contributed by atoms with Crippen LogP contribution < -0.4 is 10.1 Å². The van der Waals surface area contributed by atoms with E-state index in [2.05, 4.69) is 20.4 Å². The smallest absolute Gasteiger partial charge is 0.318 e. The zero-order valence-corrected chi connectivity index (χ0v) is 16.0. The number of urea groups is 1. The topological polar surface area (TPSA) is 75.5 Å². The number of amides is 2. The van der Waals surface area contributed by atoms with Crippen molar-refractivity contribution in [2.75, 3.05) is 39.3 Å². The molecule has 1 aromatic heterocycles. The van der Waals surface area contributed by atoms with Crippen molar-refractivity contribution < 1.29 is 9.53 Å². The van der Waals surface area contributed by atoms with E-state index in [1.54, 1.807) is 6.33 Å². The quantitative estimate of drug-likeness (QED) is 0.802. The number of carbonyl (C=O) groups is 1. The molecule has 2 heterocycles. The maximum atomic E-state index is 12.5. The molecule has 146 valence electrons. The number of rotatable bonds is 7. The van der Waals surface area contributed by atoms with E-state index in [0.29, 0.717) is 19.7 Å². The van der Waals surface area contributed by atoms with E-state index in [-0.39, 0.29) is 12.1 Å². The molecule has 0 bridgehead atoms. The number of para-hydroxylation sites is 1. The molecule has 8 heteroatoms. The SMILES string of the molecule is CCn1cnnc1[C@H](C)NC(=O)N1CCN(CCOc2ccccc2)CC1. The summed E-state index contributed by atoms with van der Waals surface area (Å²) in [6.45, 7) is 9.39. The maximum Gasteiger partial charge on any atom is 0.318 e. The van der Waals surface area contributed by atoms with Crippen LogP contribution in [-0.2, 0) is 6.54 Å². The monoisotopic (exact) mass is 372 g/mol. The molecule has 1 aromatic carbocycles. The van der Waals surface area contributed by atoms with E-state index in [4.69, 9.17) is 4.74 Å². The number of hydrogen-bond donors (Lipinski definition) is 1. The van der Waals surface area contributed by atoms with Crippen molar-refractivity contribution in [3.8, 4) is 5.75 Å². The fourth-order valence-corrected chi connectivity index (χ4v) is 3.17. The van der Waals surface area contributed by atoms with Crippen LogP contribution >= 0.6 is 0 Å². The minimum absolute atomic E-state index is 0.0478. The zero-order valence-electron chi connectivity index (χ0n) is 16.0. The molecule has 0 spiro atoms. The van der Waals surface area contributed by atoms with Gasteiger partial charge in [-0.05, 0) is 26.0 Å². The number of nitrogens with one attached hydrogen (secondary N) is 1. The molecule has 0 saturated carbocycles. The van der Waals surface area contributed by atoms with Gasteiger partial charge in [-0.1, -0.05) is 18.2 Å². The van der Waals surface area contributed by atoms with Crippen molar-refractivity contribution >= 4 is 6.03 Å². The Kier molecular flexibility index (Phi) is 6.64. The number of aromatic nitrogens is 3. The Balaban J connectivity index is 1.38. The summed E-state index contributed by atoms with van der Waals surface area (Å²) in [7, 11) is 0. The maximum absolute atomic E-state index is 12.5. The lowest BCUT2D eigenvalue weighted by molar-refractivity contribution is 0.124. The number of carbonyl (C=O) groups excluding carboxylic acids is 1. The van der Waals surface area contributed by atoms with Crippen molar-refractivity contribution in [3.05, 3.63) is 42.5 Å². The van der Waals surface area contributed by atoms with E-state index < -0.39 is 0 Å². The van der Waals surface area contributed by atoms with Gasteiger partial charge in [-0.25, -0.2) is 4.79 Å². The van der Waals surface area contributed by atoms with Gasteiger partial charge in [-0.2, -0.15) is 0 Å². The molecule has 2 amide bonds. The van der Waals surface area contributed by atoms with Crippen LogP contribution in [0.4, 0.5) is 4.79 Å². The lowest BCUT2D eigenvalue weighted by Crippen LogP contribution is -2.52. The predicted molar refractivity (Wildman–Crippen MR) is 103 cm³/mol. The molecule has 1 aliphatic heterocycles. The zero-order chi connectivity index (χ0) is 19.1. The second-order valence-corrected chi connectivity index (χ2v) is 6.64. The molecule has 0 unspecified atom stereocenters. The molecule has 3 rings (SSSR count). The Bertz CT molecular complexity index is 712. The van der Waals surface area contributed by atoms with Crippen molar-refractivity contribution in [3.63, 3.8) is 0 Å². The first-order chi connectivity index (χ1) is 13.2. The second kappa shape index (κ2) is 9.36. The third-order valence-electron chi connectivity index (χ3n) is 4.79. The van der Waals surface area contributed by atoms with E-state index in [9.17, 15) is 4.79 Å². The van der Waals surface area contributed by atoms with Gasteiger partial charge in [0.15, 0.2) is 5.82 Å². The molecule has 27 heavy (non-hydrogen) atoms. The third-order valence-corrected chi connectivity index (χ3v) is 4.79. The number of ether oxygens (including phenoxy) is 1. The van der Waals surface area contributed by atoms with Crippen LogP contribution in [0.25, 0.3) is 0 Å². The molecule has 0 radical (unpaired) electrons. The molecule has 0 aliphatic carbocycles. The van der Waals surface area contributed by atoms with Crippen LogP contribution in [0.1, 0.15) is 25.7 Å². The standard InChI is InChI=1S/C19H28N6O2/c1-3-24-15-20-22-18(24)16(2)21-19(26)25-11-9-23(10-12-25)13-14-27-17-7-5-4-6-8-17/h4-8,15-16H,3,9-14H2,1-2H3,(H,21,26)/t16-/m0/s1. The van der Waals surface area contributed by atoms with E-state index in [1.165, 1.54) is 0 Å². The Morgan fingerprint density at radius 1 is 1.22 bits per heavy atom. The highest BCUT2D eigenvalue weighted by atomic mass is 16.5. The molecule has 1 saturated heterocycles. The molecule has 8 nitrogen and oxygen atoms in total. The van der Waals surface area contributed by atoms with Gasteiger partial charge in [-0.15, -0.1) is 10.2 Å². The van der Waals surface area contributed by atoms with E-state index in [1.807, 2.05) is 53.6 Å². The summed E-state index contributed by atoms with van der Waals surface area (Å²) in [6, 6.07) is 9.62. The third kappa shape index (κ3) is 5.19. The highest BCUT2D eigenvalue weighted by Crippen LogP contribution is 2.11. The molecular formula is C19H28N6O2. The van der Waals surface area contributed by atoms with Crippen molar-refractivity contribution in [2.45, 2.75) is 26.4 Å². The minimum atomic E-state index is -0.169. The average Bonchev–Trinajstić information content (AvgIpc) is 3.18. The van der Waals surface area contributed by atoms with Gasteiger partial charge < -0.3 is 19.5 Å². The first-order valence-electron chi connectivity index (χ1n) is 9.50. The van der Waals surface area contributed by atoms with Gasteiger partial charge >= 0.3 is 6.03 Å². The molecular weight excluding hydrogens is 344 g/mol. The highest BCUT2D eigenvalue weighted by molar-refractivity contribution is 5.74. The normalized spacial score (nSPS) is 16.1. The van der Waals surface area contributed by atoms with Crippen LogP contribution in [0.15, 0.2) is 36.7 Å². The van der Waals surface area contributed by atoms with Gasteiger partial charge in [0.05, 0.1) is 6.04 Å². The van der Waals surface area contributed by atoms with E-state index >= 15 is 0 Å². The highest BCUT2D eigenvalue weighted by Gasteiger charge is 2.23. The number of piperazine rings is 1. The summed E-state index contributed by atoms with van der Waals surface area (Å²) in [6.07, 6.45) is 1.69. The van der Waals surface area contributed by atoms with E-state index in [0.717, 1.165) is 37.8 Å². The number of aryl methyl sites for hydroxylation is 1. The van der Waals surface area contributed by atoms with Crippen molar-refractivity contribution in [1.29, 1.82) is 0 Å². The Morgan fingerprint density at radius 3 is 2.67 bits per heavy atom. The molecule has 1 aliphatic rings. The molecule has 1 atom stereocenters. The average molecular weight is 372 g/mol. The summed E-state index contributed by atoms with van der Waals surface area (Å²) in [5, 5.41) is 11.1. The summed E-state index contributed by atoms with van der Waals surface area (Å²) >= 11 is 0. The summed E-state index contributed by atoms with van der Waals surface area (Å²) in [5.74, 6) is 1.67. The first kappa shape index (κ1) is 19.2. The predicted octanol–water partition coefficient (Wildman–Crippen LogP) is 1.77. The molecule has 1 fully saturated rings. The van der Waals surface area contributed by atoms with Crippen molar-refractivity contribution in [1.82, 2.24) is 29.9 Å². The van der Waals surface area contributed by atoms with Crippen LogP contribution in [0, 0.1) is 0 Å². The fraction of sp³-hybridized carbons (Fsp3) is 0.526. The molecule has 1 N–H and O–H groups in total. The Labute approximate surface area is 160 Å². The Hall–Kier alpha value is -2.61. The van der Waals surface area contributed by atoms with Gasteiger partial charge in [0.25, 0.3) is 0 Å². The van der Waals surface area contributed by atoms with Crippen molar-refractivity contribution in [2.24, 2.45) is 0 Å². The van der Waals surface area contributed by atoms with Crippen LogP contribution in [0.2, 0.25) is 0 Å². The van der Waals surface area contributed by atoms with Crippen LogP contribution in [-0.4, -0.2) is 69.9 Å². The Morgan fingerprint density at radius 2 is 1.96 bits per heavy atom. The number of benzene rings is 1. The summed E-state index contributed by atoms with van der Waals surface area (Å²) < 4.78 is 7.69. The number of nitrogens with zero attached hydrogens (tertiary/aromatic N) is 5. The first-order valence-corrected chi connectivity index (χ1v) is 9.50. The van der Waals surface area contributed by atoms with Gasteiger partial charge in [-0.3, -0.25) is 4.90 Å². The van der Waals surface area contributed by atoms with Crippen LogP contribution in [0.3, 0.4) is 0 Å². The van der Waals surface area contributed by atoms with Crippen LogP contribution in [0.5, 0.6) is 5.75 Å². The minimum Gasteiger partial charge on any atom is -0.492 e. The fourth-order valence-electron chi connectivity index (χ4n) is 3.17.